The van der Waals surface area contributed by atoms with E-state index < -0.39 is 11.9 Å². The number of esters is 1. The second kappa shape index (κ2) is 10.4. The summed E-state index contributed by atoms with van der Waals surface area (Å²) in [6.45, 7) is 4.22. The van der Waals surface area contributed by atoms with Crippen molar-refractivity contribution < 1.29 is 14.3 Å². The minimum Gasteiger partial charge on any atom is -0.494 e. The molecular weight excluding hydrogens is 474 g/mol. The van der Waals surface area contributed by atoms with Crippen LogP contribution in [0.25, 0.3) is 0 Å². The molecule has 0 radical (unpaired) electrons. The number of H-pyrrole nitrogens is 1. The van der Waals surface area contributed by atoms with Crippen LogP contribution in [-0.2, 0) is 15.3 Å². The van der Waals surface area contributed by atoms with Gasteiger partial charge in [0.15, 0.2) is 5.16 Å². The molecule has 3 aromatic rings. The number of carbonyl (C=O) groups is 1. The average molecular weight is 498 g/mol. The van der Waals surface area contributed by atoms with Crippen molar-refractivity contribution in [3.8, 4) is 5.75 Å². The van der Waals surface area contributed by atoms with Gasteiger partial charge in [0.1, 0.15) is 11.6 Å². The van der Waals surface area contributed by atoms with Gasteiger partial charge in [-0.15, -0.1) is 0 Å². The molecule has 2 N–H and O–H groups in total. The number of methoxy groups -OCH3 is 1. The van der Waals surface area contributed by atoms with E-state index >= 15 is 0 Å². The maximum Gasteiger partial charge on any atom is 0.336 e. The maximum absolute atomic E-state index is 13.3. The fourth-order valence-electron chi connectivity index (χ4n) is 3.90. The number of rotatable bonds is 7. The highest BCUT2D eigenvalue weighted by atomic mass is 35.5. The van der Waals surface area contributed by atoms with Gasteiger partial charge < -0.3 is 19.8 Å². The van der Waals surface area contributed by atoms with Gasteiger partial charge in [-0.3, -0.25) is 4.79 Å². The number of nitrogens with one attached hydrogen (secondary N) is 2. The number of aromatic amines is 1. The number of nitrogens with zero attached hydrogens (tertiary/aromatic N) is 1. The Labute approximate surface area is 206 Å². The number of anilines is 1. The summed E-state index contributed by atoms with van der Waals surface area (Å²) >= 11 is 7.63. The van der Waals surface area contributed by atoms with Gasteiger partial charge in [0.25, 0.3) is 5.56 Å². The molecule has 9 heteroatoms. The summed E-state index contributed by atoms with van der Waals surface area (Å²) in [5, 5.41) is 4.24. The van der Waals surface area contributed by atoms with E-state index in [1.54, 1.807) is 6.92 Å². The van der Waals surface area contributed by atoms with Crippen molar-refractivity contribution >= 4 is 35.1 Å². The Morgan fingerprint density at radius 1 is 1.18 bits per heavy atom. The number of thioether (sulfide) groups is 1. The van der Waals surface area contributed by atoms with E-state index in [2.05, 4.69) is 15.3 Å². The molecule has 1 aliphatic heterocycles. The van der Waals surface area contributed by atoms with Gasteiger partial charge in [-0.05, 0) is 43.2 Å². The summed E-state index contributed by atoms with van der Waals surface area (Å²) in [5.41, 5.74) is 2.68. The van der Waals surface area contributed by atoms with E-state index in [-0.39, 0.29) is 5.56 Å². The lowest BCUT2D eigenvalue weighted by molar-refractivity contribution is -0.136. The third kappa shape index (κ3) is 4.83. The summed E-state index contributed by atoms with van der Waals surface area (Å²) in [6, 6.07) is 14.9. The average Bonchev–Trinajstić information content (AvgIpc) is 2.83. The van der Waals surface area contributed by atoms with Crippen molar-refractivity contribution in [3.63, 3.8) is 0 Å². The molecule has 4 rings (SSSR count). The second-order valence-corrected chi connectivity index (χ2v) is 8.98. The second-order valence-electron chi connectivity index (χ2n) is 7.60. The first-order chi connectivity index (χ1) is 16.4. The lowest BCUT2D eigenvalue weighted by atomic mass is 9.82. The summed E-state index contributed by atoms with van der Waals surface area (Å²) < 4.78 is 10.6. The Kier molecular flexibility index (Phi) is 7.29. The molecular formula is C25H24ClN3O4S. The first-order valence-corrected chi connectivity index (χ1v) is 12.1. The molecule has 0 fully saturated rings. The summed E-state index contributed by atoms with van der Waals surface area (Å²) in [6.07, 6.45) is 0. The number of benzene rings is 2. The minimum absolute atomic E-state index is 0.327. The molecule has 1 unspecified atom stereocenters. The predicted octanol–water partition coefficient (Wildman–Crippen LogP) is 5.12. The van der Waals surface area contributed by atoms with Gasteiger partial charge in [-0.25, -0.2) is 9.78 Å². The Hall–Kier alpha value is -3.23. The molecule has 0 saturated heterocycles. The largest absolute Gasteiger partial charge is 0.494 e. The van der Waals surface area contributed by atoms with Gasteiger partial charge in [-0.2, -0.15) is 0 Å². The van der Waals surface area contributed by atoms with Crippen molar-refractivity contribution in [2.45, 2.75) is 30.7 Å². The van der Waals surface area contributed by atoms with Crippen LogP contribution < -0.4 is 15.6 Å². The molecule has 0 saturated carbocycles. The third-order valence-electron chi connectivity index (χ3n) is 5.47. The number of allylic oxidation sites excluding steroid dienone is 1. The molecule has 7 nitrogen and oxygen atoms in total. The smallest absolute Gasteiger partial charge is 0.336 e. The van der Waals surface area contributed by atoms with Crippen LogP contribution in [0.1, 0.15) is 36.5 Å². The molecule has 2 heterocycles. The highest BCUT2D eigenvalue weighted by molar-refractivity contribution is 7.98. The maximum atomic E-state index is 13.3. The number of hydrogen-bond acceptors (Lipinski definition) is 7. The first-order valence-electron chi connectivity index (χ1n) is 10.7. The lowest BCUT2D eigenvalue weighted by Gasteiger charge is -2.28. The van der Waals surface area contributed by atoms with E-state index in [0.29, 0.717) is 50.9 Å². The molecule has 1 aromatic heterocycles. The topological polar surface area (TPSA) is 93.3 Å². The molecule has 0 bridgehead atoms. The van der Waals surface area contributed by atoms with Gasteiger partial charge in [0, 0.05) is 16.5 Å². The first kappa shape index (κ1) is 23.9. The van der Waals surface area contributed by atoms with Gasteiger partial charge in [0.2, 0.25) is 0 Å². The highest BCUT2D eigenvalue weighted by Crippen LogP contribution is 2.40. The standard InChI is InChI=1S/C25H24ClN3O4S/c1-4-33-17-11-9-15(10-12-17)20-19(24(31)32-3)14(2)27-22-21(20)23(30)29-25(28-22)34-13-16-7-5-6-8-18(16)26/h5-12,20H,4,13H2,1-3H3,(H2,27,28,29,30). The third-order valence-corrected chi connectivity index (χ3v) is 6.76. The SMILES string of the molecule is CCOc1ccc(C2C(C(=O)OC)=C(C)Nc3nc(SCc4ccccc4Cl)[nH]c(=O)c32)cc1. The van der Waals surface area contributed by atoms with E-state index in [1.165, 1.54) is 18.9 Å². The van der Waals surface area contributed by atoms with Crippen molar-refractivity contribution in [3.05, 3.63) is 91.9 Å². The molecule has 1 atom stereocenters. The molecule has 176 valence electrons. The zero-order valence-corrected chi connectivity index (χ0v) is 20.5. The van der Waals surface area contributed by atoms with Crippen molar-refractivity contribution in [1.29, 1.82) is 0 Å². The summed E-state index contributed by atoms with van der Waals surface area (Å²) in [4.78, 5) is 33.5. The van der Waals surface area contributed by atoms with Gasteiger partial charge >= 0.3 is 5.97 Å². The number of carbonyl (C=O) groups excluding carboxylic acids is 1. The zero-order chi connectivity index (χ0) is 24.2. The van der Waals surface area contributed by atoms with Crippen LogP contribution in [-0.4, -0.2) is 29.7 Å². The van der Waals surface area contributed by atoms with Crippen LogP contribution in [0.15, 0.2) is 69.8 Å². The molecule has 34 heavy (non-hydrogen) atoms. The molecule has 0 spiro atoms. The number of ether oxygens (including phenoxy) is 2. The van der Waals surface area contributed by atoms with Crippen LogP contribution in [0.2, 0.25) is 5.02 Å². The normalized spacial score (nSPS) is 14.9. The molecule has 0 amide bonds. The van der Waals surface area contributed by atoms with Crippen LogP contribution >= 0.6 is 23.4 Å². The quantitative estimate of drug-likeness (QED) is 0.266. The fraction of sp³-hybridized carbons (Fsp3) is 0.240. The van der Waals surface area contributed by atoms with Crippen molar-refractivity contribution in [2.24, 2.45) is 0 Å². The Morgan fingerprint density at radius 2 is 1.91 bits per heavy atom. The fourth-order valence-corrected chi connectivity index (χ4v) is 5.04. The van der Waals surface area contributed by atoms with Crippen molar-refractivity contribution in [2.75, 3.05) is 19.0 Å². The minimum atomic E-state index is -0.641. The predicted molar refractivity (Wildman–Crippen MR) is 134 cm³/mol. The number of fused-ring (bicyclic) bond motifs is 1. The zero-order valence-electron chi connectivity index (χ0n) is 19.0. The van der Waals surface area contributed by atoms with E-state index in [4.69, 9.17) is 21.1 Å². The van der Waals surface area contributed by atoms with E-state index in [9.17, 15) is 9.59 Å². The summed E-state index contributed by atoms with van der Waals surface area (Å²) in [7, 11) is 1.32. The lowest BCUT2D eigenvalue weighted by Crippen LogP contribution is -2.31. The highest BCUT2D eigenvalue weighted by Gasteiger charge is 2.36. The van der Waals surface area contributed by atoms with Crippen LogP contribution in [0, 0.1) is 0 Å². The molecule has 0 aliphatic carbocycles. The molecule has 1 aliphatic rings. The Balaban J connectivity index is 1.74. The van der Waals surface area contributed by atoms with Crippen LogP contribution in [0.4, 0.5) is 5.82 Å². The summed E-state index contributed by atoms with van der Waals surface area (Å²) in [5.74, 6) is 0.518. The number of aromatic nitrogens is 2. The van der Waals surface area contributed by atoms with Crippen molar-refractivity contribution in [1.82, 2.24) is 9.97 Å². The Bertz CT molecular complexity index is 1300. The van der Waals surface area contributed by atoms with Gasteiger partial charge in [0.05, 0.1) is 30.8 Å². The van der Waals surface area contributed by atoms with E-state index in [1.807, 2.05) is 55.5 Å². The van der Waals surface area contributed by atoms with E-state index in [0.717, 1.165) is 11.1 Å². The Morgan fingerprint density at radius 3 is 2.59 bits per heavy atom. The van der Waals surface area contributed by atoms with Crippen LogP contribution in [0.5, 0.6) is 5.75 Å². The number of hydrogen-bond donors (Lipinski definition) is 2. The number of halogens is 1. The van der Waals surface area contributed by atoms with Gasteiger partial charge in [-0.1, -0.05) is 53.7 Å². The molecule has 2 aromatic carbocycles. The monoisotopic (exact) mass is 497 g/mol. The van der Waals surface area contributed by atoms with Crippen LogP contribution in [0.3, 0.4) is 0 Å².